The van der Waals surface area contributed by atoms with Gasteiger partial charge in [-0.3, -0.25) is 9.69 Å². The number of hydrogen-bond acceptors (Lipinski definition) is 4. The van der Waals surface area contributed by atoms with Gasteiger partial charge < -0.3 is 0 Å². The number of thioether (sulfide) groups is 1. The fourth-order valence-corrected chi connectivity index (χ4v) is 4.91. The number of aromatic nitrogens is 1. The van der Waals surface area contributed by atoms with Crippen LogP contribution >= 0.6 is 23.4 Å². The van der Waals surface area contributed by atoms with Gasteiger partial charge in [0.1, 0.15) is 5.69 Å². The van der Waals surface area contributed by atoms with Crippen molar-refractivity contribution in [2.45, 2.75) is 45.1 Å². The quantitative estimate of drug-likeness (QED) is 0.461. The van der Waals surface area contributed by atoms with Gasteiger partial charge in [0.05, 0.1) is 4.91 Å². The molecule has 1 aliphatic carbocycles. The molecule has 4 rings (SSSR count). The first-order valence-electron chi connectivity index (χ1n) is 9.61. The van der Waals surface area contributed by atoms with Gasteiger partial charge in [-0.25, -0.2) is 9.98 Å². The van der Waals surface area contributed by atoms with E-state index < -0.39 is 0 Å². The van der Waals surface area contributed by atoms with Gasteiger partial charge in [-0.1, -0.05) is 60.7 Å². The van der Waals surface area contributed by atoms with E-state index in [1.165, 1.54) is 23.7 Å². The summed E-state index contributed by atoms with van der Waals surface area (Å²) in [5.74, 6) is 0.0390. The van der Waals surface area contributed by atoms with Gasteiger partial charge in [0.15, 0.2) is 10.3 Å². The molecule has 0 unspecified atom stereocenters. The minimum absolute atomic E-state index is 0.0390. The lowest BCUT2D eigenvalue weighted by molar-refractivity contribution is -0.124. The summed E-state index contributed by atoms with van der Waals surface area (Å²) >= 11 is 7.64. The van der Waals surface area contributed by atoms with Crippen LogP contribution in [-0.4, -0.2) is 27.0 Å². The monoisotopic (exact) mass is 411 g/mol. The van der Waals surface area contributed by atoms with Gasteiger partial charge in [-0.05, 0) is 55.3 Å². The zero-order valence-electron chi connectivity index (χ0n) is 15.8. The molecule has 4 nitrogen and oxygen atoms in total. The number of nitrogens with zero attached hydrogens (tertiary/aromatic N) is 3. The van der Waals surface area contributed by atoms with Gasteiger partial charge in [0.25, 0.3) is 5.91 Å². The molecule has 0 radical (unpaired) electrons. The first-order chi connectivity index (χ1) is 13.6. The number of aliphatic imine (C=N–C) groups is 1. The lowest BCUT2D eigenvalue weighted by Crippen LogP contribution is -2.40. The Morgan fingerprint density at radius 2 is 2.04 bits per heavy atom. The molecule has 28 heavy (non-hydrogen) atoms. The minimum atomic E-state index is 0.0390. The van der Waals surface area contributed by atoms with Crippen molar-refractivity contribution in [2.24, 2.45) is 4.99 Å². The molecule has 6 heteroatoms. The molecule has 2 aliphatic rings. The molecule has 144 valence electrons. The zero-order chi connectivity index (χ0) is 19.5. The largest absolute Gasteiger partial charge is 0.283 e. The third kappa shape index (κ3) is 4.15. The summed E-state index contributed by atoms with van der Waals surface area (Å²) in [7, 11) is 0. The smallest absolute Gasteiger partial charge is 0.267 e. The predicted octanol–water partition coefficient (Wildman–Crippen LogP) is 5.98. The van der Waals surface area contributed by atoms with Crippen LogP contribution < -0.4 is 0 Å². The van der Waals surface area contributed by atoms with Gasteiger partial charge in [-0.15, -0.1) is 0 Å². The van der Waals surface area contributed by atoms with Gasteiger partial charge in [0.2, 0.25) is 0 Å². The Balaban J connectivity index is 1.72. The molecule has 2 heterocycles. The summed E-state index contributed by atoms with van der Waals surface area (Å²) in [4.78, 5) is 24.7. The summed E-state index contributed by atoms with van der Waals surface area (Å²) < 4.78 is 0. The van der Waals surface area contributed by atoms with Crippen molar-refractivity contribution in [3.8, 4) is 0 Å². The highest BCUT2D eigenvalue weighted by molar-refractivity contribution is 8.18. The molecule has 1 aliphatic heterocycles. The molecule has 2 fully saturated rings. The number of amides is 1. The van der Waals surface area contributed by atoms with E-state index in [-0.39, 0.29) is 11.9 Å². The Morgan fingerprint density at radius 1 is 1.21 bits per heavy atom. The predicted molar refractivity (Wildman–Crippen MR) is 117 cm³/mol. The molecule has 1 saturated heterocycles. The van der Waals surface area contributed by atoms with Crippen LogP contribution in [0.4, 0.5) is 5.69 Å². The van der Waals surface area contributed by atoms with Crippen LogP contribution in [-0.2, 0) is 4.79 Å². The second kappa shape index (κ2) is 8.50. The van der Waals surface area contributed by atoms with Gasteiger partial charge >= 0.3 is 0 Å². The highest BCUT2D eigenvalue weighted by Crippen LogP contribution is 2.39. The summed E-state index contributed by atoms with van der Waals surface area (Å²) in [6.07, 6.45) is 9.17. The van der Waals surface area contributed by atoms with E-state index in [4.69, 9.17) is 16.6 Å². The Bertz CT molecular complexity index is 950. The van der Waals surface area contributed by atoms with Crippen molar-refractivity contribution in [1.29, 1.82) is 0 Å². The molecule has 1 aromatic carbocycles. The molecule has 1 aromatic heterocycles. The number of halogens is 1. The first kappa shape index (κ1) is 19.2. The number of hydrogen-bond donors (Lipinski definition) is 0. The van der Waals surface area contributed by atoms with E-state index in [2.05, 4.69) is 24.0 Å². The third-order valence-corrected chi connectivity index (χ3v) is 6.35. The van der Waals surface area contributed by atoms with Crippen LogP contribution in [0.1, 0.15) is 43.2 Å². The molecular weight excluding hydrogens is 390 g/mol. The number of rotatable bonds is 3. The van der Waals surface area contributed by atoms with Crippen molar-refractivity contribution >= 4 is 46.2 Å². The SMILES string of the molecule is Cc1cccc(/C=C2\SC(=Nc3cccnc3Cl)N(C3CCCCC3)C2=O)c1. The van der Waals surface area contributed by atoms with Crippen LogP contribution in [0.5, 0.6) is 0 Å². The van der Waals surface area contributed by atoms with Gasteiger partial charge in [0, 0.05) is 12.2 Å². The van der Waals surface area contributed by atoms with E-state index in [1.54, 1.807) is 12.3 Å². The van der Waals surface area contributed by atoms with E-state index in [0.29, 0.717) is 20.9 Å². The first-order valence-corrected chi connectivity index (χ1v) is 10.8. The zero-order valence-corrected chi connectivity index (χ0v) is 17.3. The van der Waals surface area contributed by atoms with Crippen LogP contribution in [0.25, 0.3) is 6.08 Å². The van der Waals surface area contributed by atoms with Crippen LogP contribution in [0.15, 0.2) is 52.5 Å². The average Bonchev–Trinajstić information content (AvgIpc) is 2.99. The van der Waals surface area contributed by atoms with Crippen LogP contribution in [0.3, 0.4) is 0 Å². The number of pyridine rings is 1. The second-order valence-corrected chi connectivity index (χ2v) is 8.57. The fourth-order valence-electron chi connectivity index (χ4n) is 3.70. The molecule has 1 saturated carbocycles. The maximum absolute atomic E-state index is 13.3. The van der Waals surface area contributed by atoms with Crippen molar-refractivity contribution in [3.05, 3.63) is 63.8 Å². The normalized spacial score (nSPS) is 21.1. The molecule has 0 spiro atoms. The van der Waals surface area contributed by atoms with E-state index in [0.717, 1.165) is 31.2 Å². The minimum Gasteiger partial charge on any atom is -0.283 e. The number of amidine groups is 1. The molecular formula is C22H22ClN3OS. The van der Waals surface area contributed by atoms with Crippen LogP contribution in [0.2, 0.25) is 5.15 Å². The molecule has 2 aromatic rings. The number of carbonyl (C=O) groups is 1. The molecule has 0 bridgehead atoms. The standard InChI is InChI=1S/C22H22ClN3OS/c1-15-7-5-8-16(13-15)14-19-21(27)26(17-9-3-2-4-10-17)22(28-19)25-18-11-6-12-24-20(18)23/h5-8,11-14,17H,2-4,9-10H2,1H3/b19-14-,25-22?. The Hall–Kier alpha value is -2.11. The Morgan fingerprint density at radius 3 is 2.79 bits per heavy atom. The maximum atomic E-state index is 13.3. The summed E-state index contributed by atoms with van der Waals surface area (Å²) in [6, 6.07) is 12.0. The lowest BCUT2D eigenvalue weighted by Gasteiger charge is -2.30. The Labute approximate surface area is 174 Å². The topological polar surface area (TPSA) is 45.6 Å². The lowest BCUT2D eigenvalue weighted by atomic mass is 9.94. The van der Waals surface area contributed by atoms with Crippen molar-refractivity contribution in [2.75, 3.05) is 0 Å². The van der Waals surface area contributed by atoms with Crippen LogP contribution in [0, 0.1) is 6.92 Å². The molecule has 0 atom stereocenters. The van der Waals surface area contributed by atoms with Crippen molar-refractivity contribution in [3.63, 3.8) is 0 Å². The third-order valence-electron chi connectivity index (χ3n) is 5.07. The highest BCUT2D eigenvalue weighted by Gasteiger charge is 2.38. The average molecular weight is 412 g/mol. The second-order valence-electron chi connectivity index (χ2n) is 7.20. The van der Waals surface area contributed by atoms with E-state index >= 15 is 0 Å². The number of benzene rings is 1. The number of carbonyl (C=O) groups excluding carboxylic acids is 1. The van der Waals surface area contributed by atoms with Crippen molar-refractivity contribution in [1.82, 2.24) is 9.88 Å². The van der Waals surface area contributed by atoms with E-state index in [9.17, 15) is 4.79 Å². The fraction of sp³-hybridized carbons (Fsp3) is 0.318. The van der Waals surface area contributed by atoms with Crippen molar-refractivity contribution < 1.29 is 4.79 Å². The summed E-state index contributed by atoms with van der Waals surface area (Å²) in [5, 5.41) is 1.05. The van der Waals surface area contributed by atoms with Gasteiger partial charge in [-0.2, -0.15) is 0 Å². The Kier molecular flexibility index (Phi) is 5.83. The van der Waals surface area contributed by atoms with E-state index in [1.807, 2.05) is 29.2 Å². The molecule has 1 amide bonds. The summed E-state index contributed by atoms with van der Waals surface area (Å²) in [6.45, 7) is 2.05. The molecule has 0 N–H and O–H groups in total. The highest BCUT2D eigenvalue weighted by atomic mass is 35.5. The number of aryl methyl sites for hydroxylation is 1. The summed E-state index contributed by atoms with van der Waals surface area (Å²) in [5.41, 5.74) is 2.79. The maximum Gasteiger partial charge on any atom is 0.267 e.